The van der Waals surface area contributed by atoms with E-state index < -0.39 is 10.0 Å². The number of thioether (sulfide) groups is 1. The van der Waals surface area contributed by atoms with E-state index in [1.54, 1.807) is 37.9 Å². The molecule has 158 valence electrons. The molecule has 0 atom stereocenters. The van der Waals surface area contributed by atoms with E-state index in [2.05, 4.69) is 17.1 Å². The second kappa shape index (κ2) is 10.2. The highest BCUT2D eigenvalue weighted by Crippen LogP contribution is 2.20. The molecule has 0 saturated carbocycles. The molecule has 0 radical (unpaired) electrons. The molecule has 1 aromatic carbocycles. The summed E-state index contributed by atoms with van der Waals surface area (Å²) < 4.78 is 26.4. The van der Waals surface area contributed by atoms with Gasteiger partial charge in [0.05, 0.1) is 10.8 Å². The summed E-state index contributed by atoms with van der Waals surface area (Å²) in [6.07, 6.45) is 1.36. The van der Waals surface area contributed by atoms with Crippen LogP contribution in [0, 0.1) is 13.8 Å². The van der Waals surface area contributed by atoms with Crippen molar-refractivity contribution in [1.82, 2.24) is 14.2 Å². The molecule has 0 fully saturated rings. The van der Waals surface area contributed by atoms with E-state index in [-0.39, 0.29) is 16.6 Å². The van der Waals surface area contributed by atoms with Crippen LogP contribution in [0.15, 0.2) is 46.5 Å². The van der Waals surface area contributed by atoms with Gasteiger partial charge >= 0.3 is 0 Å². The number of hydrogen-bond donors (Lipinski definition) is 0. The van der Waals surface area contributed by atoms with E-state index in [0.717, 1.165) is 5.56 Å². The fraction of sp³-hybridized carbons (Fsp3) is 0.429. The number of aromatic nitrogens is 1. The number of pyridine rings is 1. The van der Waals surface area contributed by atoms with Crippen molar-refractivity contribution in [3.8, 4) is 0 Å². The summed E-state index contributed by atoms with van der Waals surface area (Å²) in [7, 11) is -1.73. The Morgan fingerprint density at radius 2 is 1.79 bits per heavy atom. The van der Waals surface area contributed by atoms with Gasteiger partial charge in [0.15, 0.2) is 0 Å². The Morgan fingerprint density at radius 3 is 2.34 bits per heavy atom. The van der Waals surface area contributed by atoms with E-state index in [1.807, 2.05) is 19.9 Å². The van der Waals surface area contributed by atoms with Crippen LogP contribution in [-0.2, 0) is 21.4 Å². The number of hydrogen-bond acceptors (Lipinski definition) is 5. The number of carbonyl (C=O) groups excluding carboxylic acids is 1. The van der Waals surface area contributed by atoms with E-state index in [1.165, 1.54) is 33.4 Å². The molecule has 1 aromatic heterocycles. The lowest BCUT2D eigenvalue weighted by molar-refractivity contribution is -0.127. The molecule has 6 nitrogen and oxygen atoms in total. The first-order valence-electron chi connectivity index (χ1n) is 9.58. The van der Waals surface area contributed by atoms with Crippen molar-refractivity contribution < 1.29 is 13.2 Å². The molecular formula is C21H29N3O3S2. The molecule has 29 heavy (non-hydrogen) atoms. The molecule has 0 aliphatic rings. The number of carbonyl (C=O) groups is 1. The van der Waals surface area contributed by atoms with Gasteiger partial charge in [0.2, 0.25) is 15.9 Å². The van der Waals surface area contributed by atoms with Crippen molar-refractivity contribution in [2.45, 2.75) is 44.2 Å². The van der Waals surface area contributed by atoms with Crippen molar-refractivity contribution in [3.63, 3.8) is 0 Å². The highest BCUT2D eigenvalue weighted by atomic mass is 32.2. The molecule has 0 saturated heterocycles. The Hall–Kier alpha value is -1.90. The number of rotatable bonds is 9. The highest BCUT2D eigenvalue weighted by Gasteiger charge is 2.22. The number of amides is 1. The second-order valence-corrected chi connectivity index (χ2v) is 9.82. The first kappa shape index (κ1) is 23.4. The van der Waals surface area contributed by atoms with E-state index in [4.69, 9.17) is 0 Å². The highest BCUT2D eigenvalue weighted by molar-refractivity contribution is 7.99. The van der Waals surface area contributed by atoms with Crippen molar-refractivity contribution in [3.05, 3.63) is 53.2 Å². The Bertz CT molecular complexity index is 940. The maximum absolute atomic E-state index is 12.5. The Morgan fingerprint density at radius 1 is 1.10 bits per heavy atom. The summed E-state index contributed by atoms with van der Waals surface area (Å²) >= 11 is 1.30. The molecular weight excluding hydrogens is 406 g/mol. The third kappa shape index (κ3) is 6.04. The van der Waals surface area contributed by atoms with Gasteiger partial charge < -0.3 is 4.90 Å². The number of benzene rings is 1. The van der Waals surface area contributed by atoms with Crippen LogP contribution >= 0.6 is 11.8 Å². The number of aryl methyl sites for hydroxylation is 2. The smallest absolute Gasteiger partial charge is 0.244 e. The Balaban J connectivity index is 1.96. The molecule has 0 aliphatic carbocycles. The van der Waals surface area contributed by atoms with Crippen LogP contribution < -0.4 is 0 Å². The summed E-state index contributed by atoms with van der Waals surface area (Å²) in [6, 6.07) is 9.41. The van der Waals surface area contributed by atoms with Crippen molar-refractivity contribution in [2.75, 3.05) is 25.9 Å². The van der Waals surface area contributed by atoms with Gasteiger partial charge in [-0.25, -0.2) is 13.4 Å². The Kier molecular flexibility index (Phi) is 8.24. The fourth-order valence-electron chi connectivity index (χ4n) is 2.93. The van der Waals surface area contributed by atoms with Gasteiger partial charge in [-0.1, -0.05) is 49.4 Å². The monoisotopic (exact) mass is 435 g/mol. The minimum atomic E-state index is -3.52. The average molecular weight is 436 g/mol. The number of nitrogens with zero attached hydrogens (tertiary/aromatic N) is 3. The molecule has 2 rings (SSSR count). The molecule has 1 amide bonds. The number of sulfonamides is 1. The standard InChI is InChI=1S/C21H29N3O3S2/c1-6-24(7-2)29(26,27)19-10-11-20(22-13-19)28-15-21(25)23(5)14-18-9-8-16(3)12-17(18)4/h8-13H,6-7,14-15H2,1-5H3. The molecule has 0 unspecified atom stereocenters. The Labute approximate surface area is 178 Å². The van der Waals surface area contributed by atoms with Crippen molar-refractivity contribution in [2.24, 2.45) is 0 Å². The van der Waals surface area contributed by atoms with Gasteiger partial charge in [-0.05, 0) is 37.1 Å². The van der Waals surface area contributed by atoms with E-state index in [0.29, 0.717) is 24.7 Å². The van der Waals surface area contributed by atoms with Crippen LogP contribution in [-0.4, -0.2) is 54.4 Å². The molecule has 0 bridgehead atoms. The predicted octanol–water partition coefficient (Wildman–Crippen LogP) is 3.48. The van der Waals surface area contributed by atoms with Crippen LogP contribution in [0.25, 0.3) is 0 Å². The van der Waals surface area contributed by atoms with Gasteiger partial charge in [-0.3, -0.25) is 4.79 Å². The van der Waals surface area contributed by atoms with Gasteiger partial charge in [0.25, 0.3) is 0 Å². The van der Waals surface area contributed by atoms with Crippen LogP contribution in [0.3, 0.4) is 0 Å². The minimum Gasteiger partial charge on any atom is -0.341 e. The molecule has 0 spiro atoms. The van der Waals surface area contributed by atoms with Gasteiger partial charge in [-0.15, -0.1) is 0 Å². The van der Waals surface area contributed by atoms with Crippen molar-refractivity contribution >= 4 is 27.7 Å². The lowest BCUT2D eigenvalue weighted by atomic mass is 10.1. The zero-order valence-electron chi connectivity index (χ0n) is 17.7. The third-order valence-electron chi connectivity index (χ3n) is 4.73. The van der Waals surface area contributed by atoms with Crippen LogP contribution in [0.5, 0.6) is 0 Å². The molecule has 1 heterocycles. The van der Waals surface area contributed by atoms with Gasteiger partial charge in [0.1, 0.15) is 4.90 Å². The SMILES string of the molecule is CCN(CC)S(=O)(=O)c1ccc(SCC(=O)N(C)Cc2ccc(C)cc2C)nc1. The summed E-state index contributed by atoms with van der Waals surface area (Å²) in [5.41, 5.74) is 3.50. The van der Waals surface area contributed by atoms with Gasteiger partial charge in [-0.2, -0.15) is 4.31 Å². The lowest BCUT2D eigenvalue weighted by Gasteiger charge is -2.19. The summed E-state index contributed by atoms with van der Waals surface area (Å²) in [4.78, 5) is 18.6. The van der Waals surface area contributed by atoms with Gasteiger partial charge in [0, 0.05) is 32.9 Å². The second-order valence-electron chi connectivity index (χ2n) is 6.89. The molecule has 0 aliphatic heterocycles. The molecule has 0 N–H and O–H groups in total. The first-order valence-corrected chi connectivity index (χ1v) is 12.0. The average Bonchev–Trinajstić information content (AvgIpc) is 2.69. The predicted molar refractivity (Wildman–Crippen MR) is 117 cm³/mol. The topological polar surface area (TPSA) is 70.6 Å². The van der Waals surface area contributed by atoms with Crippen molar-refractivity contribution in [1.29, 1.82) is 0 Å². The maximum atomic E-state index is 12.5. The van der Waals surface area contributed by atoms with E-state index in [9.17, 15) is 13.2 Å². The van der Waals surface area contributed by atoms with Crippen LogP contribution in [0.2, 0.25) is 0 Å². The molecule has 8 heteroatoms. The normalized spacial score (nSPS) is 11.7. The van der Waals surface area contributed by atoms with E-state index >= 15 is 0 Å². The fourth-order valence-corrected chi connectivity index (χ4v) is 5.12. The first-order chi connectivity index (χ1) is 13.7. The zero-order chi connectivity index (χ0) is 21.6. The maximum Gasteiger partial charge on any atom is 0.244 e. The molecule has 2 aromatic rings. The zero-order valence-corrected chi connectivity index (χ0v) is 19.3. The third-order valence-corrected chi connectivity index (χ3v) is 7.69. The quantitative estimate of drug-likeness (QED) is 0.564. The minimum absolute atomic E-state index is 0.00314. The summed E-state index contributed by atoms with van der Waals surface area (Å²) in [5, 5.41) is 0.622. The van der Waals surface area contributed by atoms with Crippen LogP contribution in [0.1, 0.15) is 30.5 Å². The lowest BCUT2D eigenvalue weighted by Crippen LogP contribution is -2.30. The summed E-state index contributed by atoms with van der Waals surface area (Å²) in [6.45, 7) is 9.09. The largest absolute Gasteiger partial charge is 0.341 e. The van der Waals surface area contributed by atoms with Crippen LogP contribution in [0.4, 0.5) is 0 Å². The summed E-state index contributed by atoms with van der Waals surface area (Å²) in [5.74, 6) is 0.243.